The number of hydrogen-bond acceptors (Lipinski definition) is 6. The number of nitrogens with zero attached hydrogens (tertiary/aromatic N) is 4. The van der Waals surface area contributed by atoms with Crippen LogP contribution in [-0.2, 0) is 0 Å². The molecule has 1 aromatic heterocycles. The normalized spacial score (nSPS) is 10.0. The summed E-state index contributed by atoms with van der Waals surface area (Å²) in [6.07, 6.45) is 2.06. The summed E-state index contributed by atoms with van der Waals surface area (Å²) < 4.78 is 0. The molecule has 0 atom stereocenters. The SMILES string of the molecule is CCN(CC)c1c([N+](=O)[O-])cncc1[N+](=O)[O-]. The number of aromatic nitrogens is 1. The van der Waals surface area contributed by atoms with Crippen LogP contribution in [0, 0.1) is 20.2 Å². The number of rotatable bonds is 5. The molecule has 0 bridgehead atoms. The zero-order valence-corrected chi connectivity index (χ0v) is 9.49. The molecule has 0 saturated carbocycles. The molecule has 0 N–H and O–H groups in total. The molecule has 0 fully saturated rings. The lowest BCUT2D eigenvalue weighted by Crippen LogP contribution is -2.24. The minimum absolute atomic E-state index is 0.0139. The Balaban J connectivity index is 3.48. The first-order valence-electron chi connectivity index (χ1n) is 5.04. The largest absolute Gasteiger partial charge is 0.361 e. The van der Waals surface area contributed by atoms with Crippen molar-refractivity contribution in [3.63, 3.8) is 0 Å². The summed E-state index contributed by atoms with van der Waals surface area (Å²) in [4.78, 5) is 25.5. The van der Waals surface area contributed by atoms with Crippen LogP contribution in [0.1, 0.15) is 13.8 Å². The highest BCUT2D eigenvalue weighted by Crippen LogP contribution is 2.35. The molecule has 8 heteroatoms. The van der Waals surface area contributed by atoms with E-state index in [9.17, 15) is 20.2 Å². The Morgan fingerprint density at radius 1 is 1.12 bits per heavy atom. The molecule has 0 radical (unpaired) electrons. The highest BCUT2D eigenvalue weighted by atomic mass is 16.6. The summed E-state index contributed by atoms with van der Waals surface area (Å²) in [6.45, 7) is 4.44. The minimum Gasteiger partial charge on any atom is -0.361 e. The quantitative estimate of drug-likeness (QED) is 0.573. The van der Waals surface area contributed by atoms with Gasteiger partial charge in [0.15, 0.2) is 5.69 Å². The summed E-state index contributed by atoms with van der Waals surface area (Å²) in [7, 11) is 0. The van der Waals surface area contributed by atoms with E-state index in [0.717, 1.165) is 12.4 Å². The van der Waals surface area contributed by atoms with Crippen molar-refractivity contribution in [2.24, 2.45) is 0 Å². The van der Waals surface area contributed by atoms with Crippen molar-refractivity contribution in [1.29, 1.82) is 0 Å². The maximum atomic E-state index is 10.8. The van der Waals surface area contributed by atoms with Gasteiger partial charge in [0, 0.05) is 13.1 Å². The standard InChI is InChI=1S/C9H12N4O4/c1-3-11(4-2)9-7(12(14)15)5-10-6-8(9)13(16)17/h5-6H,3-4H2,1-2H3. The summed E-state index contributed by atoms with van der Waals surface area (Å²) in [5, 5.41) is 21.7. The van der Waals surface area contributed by atoms with Gasteiger partial charge in [-0.2, -0.15) is 0 Å². The highest BCUT2D eigenvalue weighted by Gasteiger charge is 2.28. The number of anilines is 1. The van der Waals surface area contributed by atoms with Gasteiger partial charge < -0.3 is 4.90 Å². The van der Waals surface area contributed by atoms with E-state index in [4.69, 9.17) is 0 Å². The Morgan fingerprint density at radius 2 is 1.53 bits per heavy atom. The van der Waals surface area contributed by atoms with Crippen LogP contribution in [0.4, 0.5) is 17.1 Å². The fourth-order valence-electron chi connectivity index (χ4n) is 1.56. The Hall–Kier alpha value is -2.25. The van der Waals surface area contributed by atoms with E-state index < -0.39 is 9.85 Å². The van der Waals surface area contributed by atoms with E-state index in [2.05, 4.69) is 4.98 Å². The van der Waals surface area contributed by atoms with Gasteiger partial charge in [-0.05, 0) is 13.8 Å². The Labute approximate surface area is 97.2 Å². The molecule has 0 aliphatic rings. The first-order valence-corrected chi connectivity index (χ1v) is 5.04. The van der Waals surface area contributed by atoms with Crippen LogP contribution in [0.5, 0.6) is 0 Å². The van der Waals surface area contributed by atoms with Crippen LogP contribution in [0.3, 0.4) is 0 Å². The smallest absolute Gasteiger partial charge is 0.317 e. The molecule has 17 heavy (non-hydrogen) atoms. The van der Waals surface area contributed by atoms with Gasteiger partial charge in [-0.3, -0.25) is 25.2 Å². The number of hydrogen-bond donors (Lipinski definition) is 0. The van der Waals surface area contributed by atoms with E-state index in [1.807, 2.05) is 0 Å². The van der Waals surface area contributed by atoms with Crippen LogP contribution >= 0.6 is 0 Å². The molecule has 0 amide bonds. The fraction of sp³-hybridized carbons (Fsp3) is 0.444. The molecular weight excluding hydrogens is 228 g/mol. The Bertz CT molecular complexity index is 412. The van der Waals surface area contributed by atoms with Gasteiger partial charge in [-0.25, -0.2) is 0 Å². The van der Waals surface area contributed by atoms with Crippen molar-refractivity contribution < 1.29 is 9.85 Å². The predicted molar refractivity (Wildman–Crippen MR) is 61.1 cm³/mol. The summed E-state index contributed by atoms with van der Waals surface area (Å²) >= 11 is 0. The van der Waals surface area contributed by atoms with Gasteiger partial charge >= 0.3 is 11.4 Å². The summed E-state index contributed by atoms with van der Waals surface area (Å²) in [6, 6.07) is 0. The fourth-order valence-corrected chi connectivity index (χ4v) is 1.56. The molecule has 0 aromatic carbocycles. The molecule has 0 spiro atoms. The zero-order valence-electron chi connectivity index (χ0n) is 9.49. The van der Waals surface area contributed by atoms with Crippen LogP contribution in [-0.4, -0.2) is 27.9 Å². The third-order valence-corrected chi connectivity index (χ3v) is 2.35. The van der Waals surface area contributed by atoms with Crippen molar-refractivity contribution in [3.05, 3.63) is 32.6 Å². The maximum Gasteiger partial charge on any atom is 0.317 e. The topological polar surface area (TPSA) is 102 Å². The predicted octanol–water partition coefficient (Wildman–Crippen LogP) is 1.74. The maximum absolute atomic E-state index is 10.8. The summed E-state index contributed by atoms with van der Waals surface area (Å²) in [5.41, 5.74) is -0.675. The first kappa shape index (κ1) is 12.8. The second kappa shape index (κ2) is 5.19. The van der Waals surface area contributed by atoms with Crippen molar-refractivity contribution in [2.45, 2.75) is 13.8 Å². The van der Waals surface area contributed by atoms with Crippen LogP contribution in [0.15, 0.2) is 12.4 Å². The number of nitro groups is 2. The first-order chi connectivity index (χ1) is 8.02. The molecular formula is C9H12N4O4. The minimum atomic E-state index is -0.659. The van der Waals surface area contributed by atoms with Crippen molar-refractivity contribution in [1.82, 2.24) is 4.98 Å². The molecule has 1 heterocycles. The molecule has 0 aliphatic carbocycles. The molecule has 0 aliphatic heterocycles. The monoisotopic (exact) mass is 240 g/mol. The van der Waals surface area contributed by atoms with E-state index in [-0.39, 0.29) is 17.1 Å². The van der Waals surface area contributed by atoms with Crippen molar-refractivity contribution >= 4 is 17.1 Å². The average molecular weight is 240 g/mol. The molecule has 1 aromatic rings. The third-order valence-electron chi connectivity index (χ3n) is 2.35. The second-order valence-electron chi connectivity index (χ2n) is 3.21. The lowest BCUT2D eigenvalue weighted by molar-refractivity contribution is -0.393. The van der Waals surface area contributed by atoms with E-state index >= 15 is 0 Å². The molecule has 92 valence electrons. The lowest BCUT2D eigenvalue weighted by atomic mass is 10.2. The molecule has 8 nitrogen and oxygen atoms in total. The van der Waals surface area contributed by atoms with E-state index in [1.54, 1.807) is 18.7 Å². The summed E-state index contributed by atoms with van der Waals surface area (Å²) in [5.74, 6) is 0. The zero-order chi connectivity index (χ0) is 13.0. The number of pyridine rings is 1. The van der Waals surface area contributed by atoms with Crippen LogP contribution in [0.25, 0.3) is 0 Å². The van der Waals surface area contributed by atoms with Gasteiger partial charge in [0.05, 0.1) is 9.85 Å². The lowest BCUT2D eigenvalue weighted by Gasteiger charge is -2.19. The van der Waals surface area contributed by atoms with Gasteiger partial charge in [0.2, 0.25) is 0 Å². The van der Waals surface area contributed by atoms with Crippen molar-refractivity contribution in [2.75, 3.05) is 18.0 Å². The molecule has 1 rings (SSSR count). The molecule has 0 unspecified atom stereocenters. The second-order valence-corrected chi connectivity index (χ2v) is 3.21. The van der Waals surface area contributed by atoms with Gasteiger partial charge in [0.25, 0.3) is 0 Å². The van der Waals surface area contributed by atoms with Gasteiger partial charge in [-0.1, -0.05) is 0 Å². The average Bonchev–Trinajstić information content (AvgIpc) is 2.30. The highest BCUT2D eigenvalue weighted by molar-refractivity contribution is 5.73. The van der Waals surface area contributed by atoms with E-state index in [0.29, 0.717) is 13.1 Å². The van der Waals surface area contributed by atoms with Crippen molar-refractivity contribution in [3.8, 4) is 0 Å². The van der Waals surface area contributed by atoms with Crippen LogP contribution in [0.2, 0.25) is 0 Å². The van der Waals surface area contributed by atoms with Gasteiger partial charge in [-0.15, -0.1) is 0 Å². The van der Waals surface area contributed by atoms with Gasteiger partial charge in [0.1, 0.15) is 12.4 Å². The molecule has 0 saturated heterocycles. The third kappa shape index (κ3) is 2.47. The van der Waals surface area contributed by atoms with E-state index in [1.165, 1.54) is 0 Å². The Morgan fingerprint density at radius 3 is 1.82 bits per heavy atom. The Kier molecular flexibility index (Phi) is 3.91. The van der Waals surface area contributed by atoms with Crippen LogP contribution < -0.4 is 4.90 Å².